The number of benzene rings is 3. The minimum atomic E-state index is -0.721. The molecule has 2 N–H and O–H groups in total. The van der Waals surface area contributed by atoms with E-state index in [1.165, 1.54) is 5.69 Å². The standard InChI is InChI=1S/C27H30N2O2/c30-25-23-13-7-8-14-24(23)26(31)27(25,21-9-3-1-4-10-21)15-16-28-17-19-29(20-18-28)22-11-5-2-6-12-22/h1-14,25-26,30-31H,15-20H2. The van der Waals surface area contributed by atoms with Gasteiger partial charge in [0.1, 0.15) is 0 Å². The predicted molar refractivity (Wildman–Crippen MR) is 124 cm³/mol. The molecule has 2 atom stereocenters. The molecule has 1 aliphatic carbocycles. The van der Waals surface area contributed by atoms with Crippen LogP contribution in [0.2, 0.25) is 0 Å². The van der Waals surface area contributed by atoms with Gasteiger partial charge in [-0.2, -0.15) is 0 Å². The van der Waals surface area contributed by atoms with Crippen molar-refractivity contribution in [2.45, 2.75) is 24.0 Å². The summed E-state index contributed by atoms with van der Waals surface area (Å²) >= 11 is 0. The van der Waals surface area contributed by atoms with Gasteiger partial charge in [0.15, 0.2) is 0 Å². The fraction of sp³-hybridized carbons (Fsp3) is 0.333. The van der Waals surface area contributed by atoms with Gasteiger partial charge in [-0.05, 0) is 41.8 Å². The maximum atomic E-state index is 11.4. The maximum Gasteiger partial charge on any atom is 0.0919 e. The van der Waals surface area contributed by atoms with Crippen LogP contribution >= 0.6 is 0 Å². The van der Waals surface area contributed by atoms with Crippen LogP contribution in [0.15, 0.2) is 84.9 Å². The first kappa shape index (κ1) is 20.3. The van der Waals surface area contributed by atoms with E-state index in [0.717, 1.165) is 49.4 Å². The van der Waals surface area contributed by atoms with Gasteiger partial charge in [0.05, 0.1) is 17.6 Å². The van der Waals surface area contributed by atoms with Crippen LogP contribution in [-0.4, -0.2) is 47.8 Å². The van der Waals surface area contributed by atoms with E-state index in [4.69, 9.17) is 0 Å². The van der Waals surface area contributed by atoms with E-state index in [9.17, 15) is 10.2 Å². The number of rotatable bonds is 5. The van der Waals surface area contributed by atoms with Gasteiger partial charge in [0, 0.05) is 31.9 Å². The summed E-state index contributed by atoms with van der Waals surface area (Å²) in [7, 11) is 0. The number of hydrogen-bond donors (Lipinski definition) is 2. The Morgan fingerprint density at radius 2 is 1.19 bits per heavy atom. The molecule has 0 bridgehead atoms. The average molecular weight is 415 g/mol. The van der Waals surface area contributed by atoms with Crippen LogP contribution in [0.3, 0.4) is 0 Å². The molecule has 2 aliphatic rings. The summed E-state index contributed by atoms with van der Waals surface area (Å²) in [6.07, 6.45) is -0.724. The number of para-hydroxylation sites is 1. The molecule has 31 heavy (non-hydrogen) atoms. The zero-order valence-corrected chi connectivity index (χ0v) is 17.8. The number of aliphatic hydroxyl groups excluding tert-OH is 2. The van der Waals surface area contributed by atoms with E-state index in [1.807, 2.05) is 54.6 Å². The van der Waals surface area contributed by atoms with Crippen molar-refractivity contribution < 1.29 is 10.2 Å². The Morgan fingerprint density at radius 3 is 1.77 bits per heavy atom. The van der Waals surface area contributed by atoms with Crippen molar-refractivity contribution in [1.82, 2.24) is 4.90 Å². The summed E-state index contributed by atoms with van der Waals surface area (Å²) in [5, 5.41) is 22.9. The molecule has 2 unspecified atom stereocenters. The quantitative estimate of drug-likeness (QED) is 0.664. The summed E-state index contributed by atoms with van der Waals surface area (Å²) in [4.78, 5) is 4.89. The van der Waals surface area contributed by atoms with Gasteiger partial charge >= 0.3 is 0 Å². The number of aliphatic hydroxyl groups is 2. The van der Waals surface area contributed by atoms with E-state index in [-0.39, 0.29) is 0 Å². The largest absolute Gasteiger partial charge is 0.387 e. The molecule has 160 valence electrons. The van der Waals surface area contributed by atoms with Crippen molar-refractivity contribution >= 4 is 5.69 Å². The summed E-state index contributed by atoms with van der Waals surface area (Å²) in [5.41, 5.74) is 3.27. The molecule has 0 aromatic heterocycles. The summed E-state index contributed by atoms with van der Waals surface area (Å²) in [6.45, 7) is 4.80. The van der Waals surface area contributed by atoms with Crippen LogP contribution in [0.1, 0.15) is 35.3 Å². The first-order valence-corrected chi connectivity index (χ1v) is 11.2. The Kier molecular flexibility index (Phi) is 5.53. The first-order chi connectivity index (χ1) is 15.2. The van der Waals surface area contributed by atoms with Crippen molar-refractivity contribution in [2.24, 2.45) is 0 Å². The number of hydrogen-bond acceptors (Lipinski definition) is 4. The second-order valence-electron chi connectivity index (χ2n) is 8.75. The van der Waals surface area contributed by atoms with E-state index in [2.05, 4.69) is 40.1 Å². The van der Waals surface area contributed by atoms with Gasteiger partial charge in [-0.1, -0.05) is 72.8 Å². The van der Waals surface area contributed by atoms with Crippen LogP contribution in [0.25, 0.3) is 0 Å². The van der Waals surface area contributed by atoms with E-state index in [0.29, 0.717) is 6.42 Å². The Bertz CT molecular complexity index is 971. The van der Waals surface area contributed by atoms with Crippen molar-refractivity contribution in [1.29, 1.82) is 0 Å². The number of anilines is 1. The molecule has 1 aliphatic heterocycles. The summed E-state index contributed by atoms with van der Waals surface area (Å²) < 4.78 is 0. The average Bonchev–Trinajstić information content (AvgIpc) is 3.07. The third-order valence-corrected chi connectivity index (χ3v) is 7.21. The lowest BCUT2D eigenvalue weighted by Gasteiger charge is -2.41. The third-order valence-electron chi connectivity index (χ3n) is 7.21. The van der Waals surface area contributed by atoms with Gasteiger partial charge < -0.3 is 15.1 Å². The summed E-state index contributed by atoms with van der Waals surface area (Å²) in [6, 6.07) is 28.4. The van der Waals surface area contributed by atoms with Crippen LogP contribution in [0.5, 0.6) is 0 Å². The molecule has 0 amide bonds. The lowest BCUT2D eigenvalue weighted by Crippen LogP contribution is -2.48. The lowest BCUT2D eigenvalue weighted by molar-refractivity contribution is -0.00757. The maximum absolute atomic E-state index is 11.4. The van der Waals surface area contributed by atoms with Crippen molar-refractivity contribution in [3.63, 3.8) is 0 Å². The highest BCUT2D eigenvalue weighted by Crippen LogP contribution is 2.56. The fourth-order valence-corrected chi connectivity index (χ4v) is 5.41. The van der Waals surface area contributed by atoms with Crippen molar-refractivity contribution in [3.05, 3.63) is 102 Å². The zero-order chi connectivity index (χ0) is 21.3. The van der Waals surface area contributed by atoms with Crippen LogP contribution in [-0.2, 0) is 5.41 Å². The topological polar surface area (TPSA) is 46.9 Å². The Hall–Kier alpha value is -2.66. The Balaban J connectivity index is 1.35. The van der Waals surface area contributed by atoms with Gasteiger partial charge in [-0.3, -0.25) is 4.90 Å². The highest BCUT2D eigenvalue weighted by Gasteiger charge is 2.53. The molecular formula is C27H30N2O2. The Morgan fingerprint density at radius 1 is 0.677 bits per heavy atom. The van der Waals surface area contributed by atoms with Gasteiger partial charge in [0.25, 0.3) is 0 Å². The molecule has 1 fully saturated rings. The molecule has 4 heteroatoms. The monoisotopic (exact) mass is 414 g/mol. The SMILES string of the molecule is OC1c2ccccc2C(O)C1(CCN1CCN(c2ccccc2)CC1)c1ccccc1. The van der Waals surface area contributed by atoms with Crippen molar-refractivity contribution in [2.75, 3.05) is 37.6 Å². The molecule has 1 heterocycles. The molecule has 1 saturated heterocycles. The molecule has 0 saturated carbocycles. The Labute approximate surface area is 184 Å². The minimum Gasteiger partial charge on any atom is -0.387 e. The minimum absolute atomic E-state index is 0.708. The van der Waals surface area contributed by atoms with E-state index in [1.54, 1.807) is 0 Å². The van der Waals surface area contributed by atoms with Gasteiger partial charge in [0.2, 0.25) is 0 Å². The summed E-state index contributed by atoms with van der Waals surface area (Å²) in [5.74, 6) is 0. The number of piperazine rings is 1. The predicted octanol–water partition coefficient (Wildman–Crippen LogP) is 3.92. The molecule has 5 rings (SSSR count). The van der Waals surface area contributed by atoms with Crippen molar-refractivity contribution in [3.8, 4) is 0 Å². The zero-order valence-electron chi connectivity index (χ0n) is 17.8. The smallest absolute Gasteiger partial charge is 0.0919 e. The van der Waals surface area contributed by atoms with E-state index < -0.39 is 17.6 Å². The van der Waals surface area contributed by atoms with Crippen LogP contribution in [0, 0.1) is 0 Å². The highest BCUT2D eigenvalue weighted by molar-refractivity contribution is 5.48. The van der Waals surface area contributed by atoms with Crippen LogP contribution in [0.4, 0.5) is 5.69 Å². The fourth-order valence-electron chi connectivity index (χ4n) is 5.41. The second-order valence-corrected chi connectivity index (χ2v) is 8.75. The van der Waals surface area contributed by atoms with Crippen LogP contribution < -0.4 is 4.90 Å². The van der Waals surface area contributed by atoms with Gasteiger partial charge in [-0.15, -0.1) is 0 Å². The highest BCUT2D eigenvalue weighted by atomic mass is 16.3. The molecule has 0 spiro atoms. The second kappa shape index (κ2) is 8.46. The lowest BCUT2D eigenvalue weighted by atomic mass is 9.71. The third kappa shape index (κ3) is 3.55. The normalized spacial score (nSPS) is 26.1. The van der Waals surface area contributed by atoms with E-state index >= 15 is 0 Å². The first-order valence-electron chi connectivity index (χ1n) is 11.2. The molecule has 4 nitrogen and oxygen atoms in total. The molecular weight excluding hydrogens is 384 g/mol. The molecule has 3 aromatic carbocycles. The molecule has 3 aromatic rings. The number of fused-ring (bicyclic) bond motifs is 1. The molecule has 0 radical (unpaired) electrons. The van der Waals surface area contributed by atoms with Gasteiger partial charge in [-0.25, -0.2) is 0 Å². The number of nitrogens with zero attached hydrogens (tertiary/aromatic N) is 2.